The molecule has 1 heterocycles. The van der Waals surface area contributed by atoms with Crippen LogP contribution >= 0.6 is 11.6 Å². The molecule has 2 aromatic carbocycles. The first-order valence-corrected chi connectivity index (χ1v) is 9.45. The van der Waals surface area contributed by atoms with Crippen molar-refractivity contribution in [3.63, 3.8) is 0 Å². The molecule has 1 aliphatic rings. The molecule has 1 aliphatic heterocycles. The van der Waals surface area contributed by atoms with Crippen LogP contribution < -0.4 is 4.74 Å². The van der Waals surface area contributed by atoms with Crippen LogP contribution in [-0.4, -0.2) is 54.4 Å². The molecule has 148 valence electrons. The normalized spacial score (nSPS) is 14.1. The number of halogens is 2. The molecule has 0 spiro atoms. The molecule has 0 N–H and O–H groups in total. The van der Waals surface area contributed by atoms with Crippen LogP contribution in [0.15, 0.2) is 36.4 Å². The third kappa shape index (κ3) is 4.44. The molecule has 1 fully saturated rings. The number of ether oxygens (including phenoxy) is 1. The first-order valence-electron chi connectivity index (χ1n) is 9.08. The average molecular weight is 405 g/mol. The Morgan fingerprint density at radius 3 is 2.39 bits per heavy atom. The van der Waals surface area contributed by atoms with Gasteiger partial charge in [-0.15, -0.1) is 0 Å². The van der Waals surface area contributed by atoms with Crippen molar-refractivity contribution >= 4 is 23.4 Å². The van der Waals surface area contributed by atoms with Gasteiger partial charge >= 0.3 is 0 Å². The summed E-state index contributed by atoms with van der Waals surface area (Å²) in [6.07, 6.45) is 0. The maximum atomic E-state index is 14.0. The predicted octanol–water partition coefficient (Wildman–Crippen LogP) is 3.46. The lowest BCUT2D eigenvalue weighted by Gasteiger charge is -2.35. The lowest BCUT2D eigenvalue weighted by Crippen LogP contribution is -2.51. The number of hydrogen-bond donors (Lipinski definition) is 0. The molecule has 0 atom stereocenters. The Morgan fingerprint density at radius 1 is 1.07 bits per heavy atom. The topological polar surface area (TPSA) is 49.9 Å². The maximum Gasteiger partial charge on any atom is 0.260 e. The molecule has 0 radical (unpaired) electrons. The first-order chi connectivity index (χ1) is 13.4. The number of benzene rings is 2. The van der Waals surface area contributed by atoms with Crippen molar-refractivity contribution < 1.29 is 18.7 Å². The minimum Gasteiger partial charge on any atom is -0.484 e. The van der Waals surface area contributed by atoms with Crippen molar-refractivity contribution in [2.75, 3.05) is 32.8 Å². The SMILES string of the molecule is Cc1ccc(OCC(=O)N2CCN(C(=O)c3c(F)cccc3Cl)CC2)c(C)c1. The fraction of sp³-hybridized carbons (Fsp3) is 0.333. The summed E-state index contributed by atoms with van der Waals surface area (Å²) in [6, 6.07) is 9.95. The van der Waals surface area contributed by atoms with Crippen LogP contribution in [0.1, 0.15) is 21.5 Å². The van der Waals surface area contributed by atoms with Gasteiger partial charge in [0, 0.05) is 26.2 Å². The van der Waals surface area contributed by atoms with E-state index in [1.54, 1.807) is 4.90 Å². The van der Waals surface area contributed by atoms with Crippen LogP contribution in [0.25, 0.3) is 0 Å². The number of piperazine rings is 1. The molecule has 0 aromatic heterocycles. The molecule has 0 saturated carbocycles. The van der Waals surface area contributed by atoms with Crippen molar-refractivity contribution in [1.29, 1.82) is 0 Å². The molecule has 28 heavy (non-hydrogen) atoms. The molecule has 2 amide bonds. The lowest BCUT2D eigenvalue weighted by atomic mass is 10.1. The Morgan fingerprint density at radius 2 is 1.75 bits per heavy atom. The Bertz CT molecular complexity index is 875. The fourth-order valence-corrected chi connectivity index (χ4v) is 3.46. The summed E-state index contributed by atoms with van der Waals surface area (Å²) in [6.45, 7) is 5.25. The van der Waals surface area contributed by atoms with Crippen molar-refractivity contribution in [3.8, 4) is 5.75 Å². The molecule has 5 nitrogen and oxygen atoms in total. The van der Waals surface area contributed by atoms with E-state index < -0.39 is 11.7 Å². The molecular formula is C21H22ClFN2O3. The zero-order chi connectivity index (χ0) is 20.3. The van der Waals surface area contributed by atoms with Gasteiger partial charge in [0.25, 0.3) is 11.8 Å². The average Bonchev–Trinajstić information content (AvgIpc) is 2.67. The number of amides is 2. The lowest BCUT2D eigenvalue weighted by molar-refractivity contribution is -0.134. The highest BCUT2D eigenvalue weighted by atomic mass is 35.5. The Hall–Kier alpha value is -2.60. The van der Waals surface area contributed by atoms with Gasteiger partial charge in [0.1, 0.15) is 11.6 Å². The molecule has 0 aliphatic carbocycles. The highest BCUT2D eigenvalue weighted by molar-refractivity contribution is 6.33. The van der Waals surface area contributed by atoms with E-state index in [9.17, 15) is 14.0 Å². The van der Waals surface area contributed by atoms with E-state index in [0.717, 1.165) is 11.1 Å². The summed E-state index contributed by atoms with van der Waals surface area (Å²) in [5, 5.41) is 0.0883. The van der Waals surface area contributed by atoms with Crippen LogP contribution in [0.5, 0.6) is 5.75 Å². The number of hydrogen-bond acceptors (Lipinski definition) is 3. The van der Waals surface area contributed by atoms with Crippen LogP contribution in [-0.2, 0) is 4.79 Å². The Kier molecular flexibility index (Phi) is 6.19. The van der Waals surface area contributed by atoms with E-state index in [4.69, 9.17) is 16.3 Å². The minimum absolute atomic E-state index is 0.0585. The van der Waals surface area contributed by atoms with Crippen molar-refractivity contribution in [1.82, 2.24) is 9.80 Å². The third-order valence-electron chi connectivity index (χ3n) is 4.78. The van der Waals surface area contributed by atoms with E-state index in [1.165, 1.54) is 23.1 Å². The predicted molar refractivity (Wildman–Crippen MR) is 105 cm³/mol. The van der Waals surface area contributed by atoms with Gasteiger partial charge < -0.3 is 14.5 Å². The zero-order valence-electron chi connectivity index (χ0n) is 15.9. The second-order valence-electron chi connectivity index (χ2n) is 6.83. The summed E-state index contributed by atoms with van der Waals surface area (Å²) in [5.74, 6) is -0.558. The summed E-state index contributed by atoms with van der Waals surface area (Å²) >= 11 is 5.98. The second-order valence-corrected chi connectivity index (χ2v) is 7.23. The monoisotopic (exact) mass is 404 g/mol. The zero-order valence-corrected chi connectivity index (χ0v) is 16.6. The van der Waals surface area contributed by atoms with Gasteiger partial charge in [-0.05, 0) is 37.6 Å². The maximum absolute atomic E-state index is 14.0. The molecule has 7 heteroatoms. The van der Waals surface area contributed by atoms with Gasteiger partial charge in [0.05, 0.1) is 10.6 Å². The molecule has 3 rings (SSSR count). The number of aryl methyl sites for hydroxylation is 2. The molecule has 2 aromatic rings. The Labute approximate surface area is 168 Å². The van der Waals surface area contributed by atoms with E-state index >= 15 is 0 Å². The summed E-state index contributed by atoms with van der Waals surface area (Å²) in [4.78, 5) is 28.1. The standard InChI is InChI=1S/C21H22ClFN2O3/c1-14-6-7-18(15(2)12-14)28-13-19(26)24-8-10-25(11-9-24)21(27)20-16(22)4-3-5-17(20)23/h3-7,12H,8-11,13H2,1-2H3. The first kappa shape index (κ1) is 20.1. The van der Waals surface area contributed by atoms with Gasteiger partial charge in [-0.3, -0.25) is 9.59 Å². The fourth-order valence-electron chi connectivity index (χ4n) is 3.21. The summed E-state index contributed by atoms with van der Waals surface area (Å²) < 4.78 is 19.6. The Balaban J connectivity index is 1.54. The van der Waals surface area contributed by atoms with E-state index in [-0.39, 0.29) is 23.1 Å². The largest absolute Gasteiger partial charge is 0.484 e. The molecular weight excluding hydrogens is 383 g/mol. The number of rotatable bonds is 4. The number of nitrogens with zero attached hydrogens (tertiary/aromatic N) is 2. The summed E-state index contributed by atoms with van der Waals surface area (Å²) in [7, 11) is 0. The van der Waals surface area contributed by atoms with Gasteiger partial charge in [-0.2, -0.15) is 0 Å². The van der Waals surface area contributed by atoms with E-state index in [0.29, 0.717) is 31.9 Å². The van der Waals surface area contributed by atoms with Crippen LogP contribution in [0, 0.1) is 19.7 Å². The second kappa shape index (κ2) is 8.61. The smallest absolute Gasteiger partial charge is 0.260 e. The third-order valence-corrected chi connectivity index (χ3v) is 5.09. The van der Waals surface area contributed by atoms with Gasteiger partial charge in [-0.1, -0.05) is 35.4 Å². The van der Waals surface area contributed by atoms with Gasteiger partial charge in [-0.25, -0.2) is 4.39 Å². The van der Waals surface area contributed by atoms with Crippen LogP contribution in [0.3, 0.4) is 0 Å². The minimum atomic E-state index is -0.641. The van der Waals surface area contributed by atoms with E-state index in [2.05, 4.69) is 0 Å². The number of carbonyl (C=O) groups is 2. The molecule has 1 saturated heterocycles. The molecule has 0 unspecified atom stereocenters. The van der Waals surface area contributed by atoms with Crippen molar-refractivity contribution in [3.05, 3.63) is 63.9 Å². The highest BCUT2D eigenvalue weighted by Gasteiger charge is 2.27. The van der Waals surface area contributed by atoms with Gasteiger partial charge in [0.15, 0.2) is 6.61 Å². The van der Waals surface area contributed by atoms with Crippen molar-refractivity contribution in [2.45, 2.75) is 13.8 Å². The van der Waals surface area contributed by atoms with Crippen LogP contribution in [0.4, 0.5) is 4.39 Å². The quantitative estimate of drug-likeness (QED) is 0.784. The highest BCUT2D eigenvalue weighted by Crippen LogP contribution is 2.22. The molecule has 0 bridgehead atoms. The summed E-state index contributed by atoms with van der Waals surface area (Å²) in [5.41, 5.74) is 1.99. The van der Waals surface area contributed by atoms with Crippen molar-refractivity contribution in [2.24, 2.45) is 0 Å². The van der Waals surface area contributed by atoms with Gasteiger partial charge in [0.2, 0.25) is 0 Å². The van der Waals surface area contributed by atoms with E-state index in [1.807, 2.05) is 32.0 Å². The van der Waals surface area contributed by atoms with Crippen LogP contribution in [0.2, 0.25) is 5.02 Å². The number of carbonyl (C=O) groups excluding carboxylic acids is 2.